The first-order valence-corrected chi connectivity index (χ1v) is 12.3. The molecule has 0 saturated carbocycles. The second-order valence-electron chi connectivity index (χ2n) is 8.85. The number of anilines is 2. The van der Waals surface area contributed by atoms with Gasteiger partial charge in [-0.05, 0) is 55.0 Å². The highest BCUT2D eigenvalue weighted by Crippen LogP contribution is 2.33. The van der Waals surface area contributed by atoms with E-state index in [0.717, 1.165) is 48.9 Å². The van der Waals surface area contributed by atoms with Crippen LogP contribution in [-0.2, 0) is 32.2 Å². The maximum Gasteiger partial charge on any atom is 0.416 e. The van der Waals surface area contributed by atoms with Crippen molar-refractivity contribution in [3.8, 4) is 5.69 Å². The van der Waals surface area contributed by atoms with Crippen LogP contribution >= 0.6 is 11.6 Å². The summed E-state index contributed by atoms with van der Waals surface area (Å²) in [7, 11) is 0. The summed E-state index contributed by atoms with van der Waals surface area (Å²) in [6.45, 7) is 1.43. The summed E-state index contributed by atoms with van der Waals surface area (Å²) in [5.41, 5.74) is 0.922. The van der Waals surface area contributed by atoms with Crippen LogP contribution in [0.3, 0.4) is 0 Å². The lowest BCUT2D eigenvalue weighted by Gasteiger charge is -2.13. The van der Waals surface area contributed by atoms with E-state index >= 15 is 0 Å². The molecule has 0 saturated heterocycles. The van der Waals surface area contributed by atoms with E-state index in [1.54, 1.807) is 23.0 Å². The zero-order chi connectivity index (χ0) is 26.3. The first-order chi connectivity index (χ1) is 18.3. The lowest BCUT2D eigenvalue weighted by atomic mass is 10.1. The Morgan fingerprint density at radius 1 is 0.947 bits per heavy atom. The van der Waals surface area contributed by atoms with Gasteiger partial charge < -0.3 is 15.2 Å². The second-order valence-corrected chi connectivity index (χ2v) is 9.28. The van der Waals surface area contributed by atoms with Crippen molar-refractivity contribution >= 4 is 34.3 Å². The molecule has 2 N–H and O–H groups in total. The van der Waals surface area contributed by atoms with Gasteiger partial charge in [0.2, 0.25) is 5.95 Å². The van der Waals surface area contributed by atoms with E-state index in [1.807, 2.05) is 22.8 Å². The number of rotatable bonds is 7. The molecule has 2 aromatic carbocycles. The number of nitrogens with one attached hydrogen (secondary N) is 2. The molecule has 0 unspecified atom stereocenters. The molecule has 4 heterocycles. The Kier molecular flexibility index (Phi) is 6.10. The third-order valence-corrected chi connectivity index (χ3v) is 6.54. The molecule has 0 fully saturated rings. The molecule has 3 aromatic heterocycles. The molecule has 1 aliphatic heterocycles. The van der Waals surface area contributed by atoms with E-state index in [0.29, 0.717) is 28.5 Å². The third-order valence-electron chi connectivity index (χ3n) is 6.29. The molecule has 0 radical (unpaired) electrons. The first-order valence-electron chi connectivity index (χ1n) is 11.9. The highest BCUT2D eigenvalue weighted by atomic mass is 35.5. The van der Waals surface area contributed by atoms with Gasteiger partial charge in [-0.2, -0.15) is 23.3 Å². The highest BCUT2D eigenvalue weighted by Gasteiger charge is 2.31. The minimum absolute atomic E-state index is 0.165. The molecular weight excluding hydrogens is 519 g/mol. The fourth-order valence-electron chi connectivity index (χ4n) is 4.39. The van der Waals surface area contributed by atoms with Gasteiger partial charge in [0.05, 0.1) is 35.6 Å². The summed E-state index contributed by atoms with van der Waals surface area (Å²) in [5.74, 6) is 2.25. The Morgan fingerprint density at radius 3 is 2.61 bits per heavy atom. The molecule has 6 rings (SSSR count). The van der Waals surface area contributed by atoms with E-state index in [9.17, 15) is 13.2 Å². The van der Waals surface area contributed by atoms with Crippen molar-refractivity contribution in [2.75, 3.05) is 10.6 Å². The van der Waals surface area contributed by atoms with Crippen LogP contribution in [0.5, 0.6) is 0 Å². The monoisotopic (exact) mass is 539 g/mol. The van der Waals surface area contributed by atoms with E-state index < -0.39 is 11.7 Å². The van der Waals surface area contributed by atoms with Gasteiger partial charge in [0, 0.05) is 29.6 Å². The van der Waals surface area contributed by atoms with Crippen molar-refractivity contribution in [1.82, 2.24) is 34.5 Å². The summed E-state index contributed by atoms with van der Waals surface area (Å²) in [5, 5.41) is 20.4. The molecule has 0 spiro atoms. The Labute approximate surface area is 219 Å². The smallest absolute Gasteiger partial charge is 0.362 e. The quantitative estimate of drug-likeness (QED) is 0.291. The number of hydrogen-bond donors (Lipinski definition) is 2. The van der Waals surface area contributed by atoms with Gasteiger partial charge in [-0.3, -0.25) is 0 Å². The van der Waals surface area contributed by atoms with Gasteiger partial charge in [-0.25, -0.2) is 9.67 Å². The maximum absolute atomic E-state index is 13.4. The summed E-state index contributed by atoms with van der Waals surface area (Å²) in [4.78, 5) is 8.91. The van der Waals surface area contributed by atoms with Crippen LogP contribution in [-0.4, -0.2) is 34.5 Å². The van der Waals surface area contributed by atoms with Gasteiger partial charge in [0.25, 0.3) is 0 Å². The zero-order valence-electron chi connectivity index (χ0n) is 19.9. The van der Waals surface area contributed by atoms with Crippen molar-refractivity contribution in [1.29, 1.82) is 0 Å². The predicted octanol–water partition coefficient (Wildman–Crippen LogP) is 5.25. The normalized spacial score (nSPS) is 13.2. The number of aromatic nitrogens is 7. The number of halogens is 4. The second kappa shape index (κ2) is 9.60. The van der Waals surface area contributed by atoms with Gasteiger partial charge in [0.1, 0.15) is 11.6 Å². The molecular formula is C25H21ClF3N9. The largest absolute Gasteiger partial charge is 0.416 e. The number of hydrogen-bond acceptors (Lipinski definition) is 7. The van der Waals surface area contributed by atoms with Gasteiger partial charge in [0.15, 0.2) is 5.82 Å². The van der Waals surface area contributed by atoms with Crippen molar-refractivity contribution < 1.29 is 13.2 Å². The number of aryl methyl sites for hydroxylation is 1. The number of nitrogens with zero attached hydrogens (tertiary/aromatic N) is 7. The minimum Gasteiger partial charge on any atom is -0.362 e. The van der Waals surface area contributed by atoms with Crippen LogP contribution in [0, 0.1) is 0 Å². The van der Waals surface area contributed by atoms with Crippen LogP contribution in [0.4, 0.5) is 24.9 Å². The number of fused-ring (bicyclic) bond motifs is 2. The number of benzene rings is 2. The first kappa shape index (κ1) is 24.2. The van der Waals surface area contributed by atoms with Crippen molar-refractivity contribution in [3.63, 3.8) is 0 Å². The molecule has 0 aliphatic carbocycles. The van der Waals surface area contributed by atoms with Gasteiger partial charge in [-0.1, -0.05) is 11.6 Å². The molecule has 1 aliphatic rings. The van der Waals surface area contributed by atoms with Crippen molar-refractivity contribution in [3.05, 3.63) is 82.7 Å². The van der Waals surface area contributed by atoms with E-state index in [1.165, 1.54) is 6.07 Å². The van der Waals surface area contributed by atoms with Crippen LogP contribution in [0.25, 0.3) is 16.6 Å². The summed E-state index contributed by atoms with van der Waals surface area (Å²) in [6.07, 6.45) is -0.792. The topological polar surface area (TPSA) is 98.4 Å². The zero-order valence-corrected chi connectivity index (χ0v) is 20.6. The van der Waals surface area contributed by atoms with Crippen LogP contribution < -0.4 is 10.6 Å². The van der Waals surface area contributed by atoms with Gasteiger partial charge in [-0.15, -0.1) is 10.2 Å². The molecule has 0 amide bonds. The summed E-state index contributed by atoms with van der Waals surface area (Å²) < 4.78 is 44.0. The Balaban J connectivity index is 1.26. The van der Waals surface area contributed by atoms with Crippen LogP contribution in [0.1, 0.15) is 29.3 Å². The summed E-state index contributed by atoms with van der Waals surface area (Å²) in [6, 6.07) is 12.5. The molecule has 0 bridgehead atoms. The third kappa shape index (κ3) is 4.86. The molecule has 0 atom stereocenters. The minimum atomic E-state index is -4.49. The van der Waals surface area contributed by atoms with E-state index in [4.69, 9.17) is 11.6 Å². The van der Waals surface area contributed by atoms with Crippen molar-refractivity contribution in [2.24, 2.45) is 0 Å². The molecule has 194 valence electrons. The predicted molar refractivity (Wildman–Crippen MR) is 136 cm³/mol. The molecule has 38 heavy (non-hydrogen) atoms. The van der Waals surface area contributed by atoms with Gasteiger partial charge >= 0.3 is 6.18 Å². The molecule has 13 heteroatoms. The standard InChI is InChI=1S/C25H21ClF3N9/c26-16-4-6-18(7-5-16)38-11-9-17(36-38)13-31-24-32-20-12-15(25(27,28)29)3-8-19(20)23(33-24)30-14-22-35-34-21-2-1-10-37(21)22/h3-9,11-12H,1-2,10,13-14H2,(H2,30,31,32,33). The van der Waals surface area contributed by atoms with Crippen LogP contribution in [0.2, 0.25) is 5.02 Å². The Morgan fingerprint density at radius 2 is 1.79 bits per heavy atom. The summed E-state index contributed by atoms with van der Waals surface area (Å²) >= 11 is 5.96. The fraction of sp³-hybridized carbons (Fsp3) is 0.240. The number of alkyl halides is 3. The van der Waals surface area contributed by atoms with E-state index in [2.05, 4.69) is 35.9 Å². The Bertz CT molecular complexity index is 1610. The lowest BCUT2D eigenvalue weighted by molar-refractivity contribution is -0.137. The SMILES string of the molecule is FC(F)(F)c1ccc2c(NCc3nnc4n3CCC4)nc(NCc3ccn(-c4ccc(Cl)cc4)n3)nc2c1. The van der Waals surface area contributed by atoms with E-state index in [-0.39, 0.29) is 18.0 Å². The lowest BCUT2D eigenvalue weighted by Crippen LogP contribution is -2.12. The highest BCUT2D eigenvalue weighted by molar-refractivity contribution is 6.30. The molecule has 9 nitrogen and oxygen atoms in total. The average Bonchev–Trinajstić information content (AvgIpc) is 3.64. The molecule has 5 aromatic rings. The fourth-order valence-corrected chi connectivity index (χ4v) is 4.51. The van der Waals surface area contributed by atoms with Crippen molar-refractivity contribution in [2.45, 2.75) is 38.7 Å². The van der Waals surface area contributed by atoms with Crippen LogP contribution in [0.15, 0.2) is 54.7 Å². The average molecular weight is 540 g/mol. The Hall–Kier alpha value is -4.19. The maximum atomic E-state index is 13.4.